The molecule has 0 spiro atoms. The summed E-state index contributed by atoms with van der Waals surface area (Å²) in [6, 6.07) is 12.5. The number of benzene rings is 2. The highest BCUT2D eigenvalue weighted by molar-refractivity contribution is 8.03. The lowest BCUT2D eigenvalue weighted by Gasteiger charge is -2.00. The summed E-state index contributed by atoms with van der Waals surface area (Å²) in [6.45, 7) is 1.89. The van der Waals surface area contributed by atoms with E-state index in [1.165, 1.54) is 29.3 Å². The molecule has 0 unspecified atom stereocenters. The third-order valence-electron chi connectivity index (χ3n) is 2.84. The van der Waals surface area contributed by atoms with Gasteiger partial charge in [0.05, 0.1) is 9.82 Å². The molecular formula is C15H13NO4S2. The maximum Gasteiger partial charge on any atom is 0.269 e. The number of nitro groups is 1. The van der Waals surface area contributed by atoms with E-state index < -0.39 is 14.8 Å². The van der Waals surface area contributed by atoms with Gasteiger partial charge in [0.15, 0.2) is 9.84 Å². The minimum absolute atomic E-state index is 0.000562. The maximum atomic E-state index is 12.1. The molecule has 0 fully saturated rings. The van der Waals surface area contributed by atoms with Crippen LogP contribution in [0.2, 0.25) is 0 Å². The van der Waals surface area contributed by atoms with Gasteiger partial charge in [0.25, 0.3) is 5.69 Å². The van der Waals surface area contributed by atoms with Gasteiger partial charge in [-0.05, 0) is 36.6 Å². The molecule has 7 heteroatoms. The molecule has 0 aliphatic carbocycles. The van der Waals surface area contributed by atoms with Gasteiger partial charge in [-0.2, -0.15) is 0 Å². The number of hydrogen-bond acceptors (Lipinski definition) is 5. The molecule has 0 saturated heterocycles. The molecule has 0 saturated carbocycles. The molecule has 0 aliphatic heterocycles. The maximum absolute atomic E-state index is 12.1. The second-order valence-electron chi connectivity index (χ2n) is 4.50. The minimum Gasteiger partial charge on any atom is -0.258 e. The Bertz CT molecular complexity index is 794. The molecule has 0 radical (unpaired) electrons. The first-order valence-electron chi connectivity index (χ1n) is 6.28. The molecule has 2 aromatic carbocycles. The molecule has 22 heavy (non-hydrogen) atoms. The van der Waals surface area contributed by atoms with Crippen LogP contribution < -0.4 is 0 Å². The van der Waals surface area contributed by atoms with Gasteiger partial charge in [-0.3, -0.25) is 10.1 Å². The van der Waals surface area contributed by atoms with Gasteiger partial charge < -0.3 is 0 Å². The molecule has 0 atom stereocenters. The van der Waals surface area contributed by atoms with E-state index in [0.717, 1.165) is 15.9 Å². The second kappa shape index (κ2) is 6.76. The van der Waals surface area contributed by atoms with Crippen LogP contribution in [0.25, 0.3) is 0 Å². The van der Waals surface area contributed by atoms with Crippen LogP contribution in [0.4, 0.5) is 5.69 Å². The SMILES string of the molecule is Cc1ccc(S(=O)(=O)/C=C\Sc2ccc([N+](=O)[O-])cc2)cc1. The van der Waals surface area contributed by atoms with Crippen molar-refractivity contribution in [2.24, 2.45) is 0 Å². The third-order valence-corrected chi connectivity index (χ3v) is 5.25. The van der Waals surface area contributed by atoms with Crippen LogP contribution >= 0.6 is 11.8 Å². The van der Waals surface area contributed by atoms with E-state index in [2.05, 4.69) is 0 Å². The molecule has 2 aromatic rings. The molecule has 0 aromatic heterocycles. The van der Waals surface area contributed by atoms with Crippen molar-refractivity contribution in [1.29, 1.82) is 0 Å². The molecule has 114 valence electrons. The molecule has 5 nitrogen and oxygen atoms in total. The number of hydrogen-bond donors (Lipinski definition) is 0. The van der Waals surface area contributed by atoms with Gasteiger partial charge in [-0.25, -0.2) is 8.42 Å². The van der Waals surface area contributed by atoms with Crippen LogP contribution in [0, 0.1) is 17.0 Å². The Kier molecular flexibility index (Phi) is 4.99. The van der Waals surface area contributed by atoms with E-state index in [4.69, 9.17) is 0 Å². The largest absolute Gasteiger partial charge is 0.269 e. The van der Waals surface area contributed by atoms with Crippen molar-refractivity contribution in [2.45, 2.75) is 16.7 Å². The second-order valence-corrected chi connectivity index (χ2v) is 7.31. The Balaban J connectivity index is 2.08. The first-order valence-corrected chi connectivity index (χ1v) is 8.70. The molecule has 0 amide bonds. The summed E-state index contributed by atoms with van der Waals surface area (Å²) in [4.78, 5) is 11.0. The predicted octanol–water partition coefficient (Wildman–Crippen LogP) is 3.94. The summed E-state index contributed by atoms with van der Waals surface area (Å²) in [5, 5.41) is 13.1. The van der Waals surface area contributed by atoms with Gasteiger partial charge in [-0.15, -0.1) is 0 Å². The fourth-order valence-electron chi connectivity index (χ4n) is 1.63. The van der Waals surface area contributed by atoms with Crippen molar-refractivity contribution in [3.63, 3.8) is 0 Å². The quantitative estimate of drug-likeness (QED) is 0.470. The van der Waals surface area contributed by atoms with E-state index >= 15 is 0 Å². The third kappa shape index (κ3) is 4.19. The molecule has 0 N–H and O–H groups in total. The Morgan fingerprint density at radius 2 is 1.64 bits per heavy atom. The number of nitrogens with zero attached hydrogens (tertiary/aromatic N) is 1. The van der Waals surface area contributed by atoms with E-state index in [1.807, 2.05) is 6.92 Å². The lowest BCUT2D eigenvalue weighted by atomic mass is 10.2. The van der Waals surface area contributed by atoms with Gasteiger partial charge in [0, 0.05) is 22.4 Å². The van der Waals surface area contributed by atoms with Crippen LogP contribution in [0.1, 0.15) is 5.56 Å². The van der Waals surface area contributed by atoms with Crippen molar-refractivity contribution in [3.05, 3.63) is 75.0 Å². The van der Waals surface area contributed by atoms with Crippen molar-refractivity contribution < 1.29 is 13.3 Å². The zero-order chi connectivity index (χ0) is 16.2. The van der Waals surface area contributed by atoms with Gasteiger partial charge in [0.2, 0.25) is 0 Å². The zero-order valence-electron chi connectivity index (χ0n) is 11.7. The Morgan fingerprint density at radius 3 is 2.18 bits per heavy atom. The Labute approximate surface area is 132 Å². The number of thioether (sulfide) groups is 1. The molecule has 0 heterocycles. The predicted molar refractivity (Wildman–Crippen MR) is 86.5 cm³/mol. The lowest BCUT2D eigenvalue weighted by Crippen LogP contribution is -1.95. The normalized spacial score (nSPS) is 11.7. The van der Waals surface area contributed by atoms with Crippen molar-refractivity contribution in [2.75, 3.05) is 0 Å². The fraction of sp³-hybridized carbons (Fsp3) is 0.0667. The molecule has 0 bridgehead atoms. The number of rotatable bonds is 5. The van der Waals surface area contributed by atoms with E-state index in [1.54, 1.807) is 36.4 Å². The summed E-state index contributed by atoms with van der Waals surface area (Å²) in [6.07, 6.45) is 0. The lowest BCUT2D eigenvalue weighted by molar-refractivity contribution is -0.384. The van der Waals surface area contributed by atoms with Crippen LogP contribution in [0.15, 0.2) is 69.1 Å². The van der Waals surface area contributed by atoms with E-state index in [0.29, 0.717) is 0 Å². The number of nitro benzene ring substituents is 1. The first kappa shape index (κ1) is 16.3. The van der Waals surface area contributed by atoms with Crippen LogP contribution in [-0.4, -0.2) is 13.3 Å². The minimum atomic E-state index is -3.48. The highest BCUT2D eigenvalue weighted by Gasteiger charge is 2.09. The van der Waals surface area contributed by atoms with Crippen LogP contribution in [0.3, 0.4) is 0 Å². The fourth-order valence-corrected chi connectivity index (χ4v) is 3.56. The topological polar surface area (TPSA) is 77.3 Å². The standard InChI is InChI=1S/C15H13NO4S2/c1-12-2-8-15(9-3-12)22(19,20)11-10-21-14-6-4-13(5-7-14)16(17)18/h2-11H,1H3/b11-10-. The summed E-state index contributed by atoms with van der Waals surface area (Å²) in [5.74, 6) is 0. The van der Waals surface area contributed by atoms with Crippen LogP contribution in [0.5, 0.6) is 0 Å². The van der Waals surface area contributed by atoms with Gasteiger partial charge in [0.1, 0.15) is 0 Å². The average molecular weight is 335 g/mol. The molecular weight excluding hydrogens is 322 g/mol. The van der Waals surface area contributed by atoms with Crippen molar-refractivity contribution in [3.8, 4) is 0 Å². The number of sulfone groups is 1. The summed E-state index contributed by atoms with van der Waals surface area (Å²) in [5.41, 5.74) is 0.990. The van der Waals surface area contributed by atoms with Gasteiger partial charge >= 0.3 is 0 Å². The highest BCUT2D eigenvalue weighted by Crippen LogP contribution is 2.23. The monoisotopic (exact) mass is 335 g/mol. The smallest absolute Gasteiger partial charge is 0.258 e. The van der Waals surface area contributed by atoms with Crippen molar-refractivity contribution >= 4 is 27.3 Å². The van der Waals surface area contributed by atoms with E-state index in [9.17, 15) is 18.5 Å². The highest BCUT2D eigenvalue weighted by atomic mass is 32.2. The average Bonchev–Trinajstić information content (AvgIpc) is 2.48. The van der Waals surface area contributed by atoms with E-state index in [-0.39, 0.29) is 10.6 Å². The number of aryl methyl sites for hydroxylation is 1. The summed E-state index contributed by atoms with van der Waals surface area (Å²) >= 11 is 1.18. The number of non-ortho nitro benzene ring substituents is 1. The summed E-state index contributed by atoms with van der Waals surface area (Å²) in [7, 11) is -3.48. The Hall–Kier alpha value is -2.12. The molecule has 0 aliphatic rings. The zero-order valence-corrected chi connectivity index (χ0v) is 13.3. The van der Waals surface area contributed by atoms with Crippen LogP contribution in [-0.2, 0) is 9.84 Å². The summed E-state index contributed by atoms with van der Waals surface area (Å²) < 4.78 is 24.2. The van der Waals surface area contributed by atoms with Gasteiger partial charge in [-0.1, -0.05) is 29.5 Å². The first-order chi connectivity index (χ1) is 10.4. The Morgan fingerprint density at radius 1 is 1.05 bits per heavy atom. The molecule has 2 rings (SSSR count). The van der Waals surface area contributed by atoms with Crippen molar-refractivity contribution in [1.82, 2.24) is 0 Å².